The number of pyridine rings is 1. The molecule has 1 N–H and O–H groups in total. The Bertz CT molecular complexity index is 1790. The number of benzene rings is 1. The number of piperidine rings is 1. The number of aromatic nitrogens is 3. The zero-order valence-corrected chi connectivity index (χ0v) is 30.4. The summed E-state index contributed by atoms with van der Waals surface area (Å²) in [6.07, 6.45) is 8.93. The number of halogens is 2. The van der Waals surface area contributed by atoms with Gasteiger partial charge in [0.15, 0.2) is 5.78 Å². The van der Waals surface area contributed by atoms with Gasteiger partial charge in [0.25, 0.3) is 5.56 Å². The summed E-state index contributed by atoms with van der Waals surface area (Å²) in [5.41, 5.74) is 0.614. The van der Waals surface area contributed by atoms with E-state index in [1.165, 1.54) is 20.3 Å². The Morgan fingerprint density at radius 3 is 2.46 bits per heavy atom. The molecule has 2 unspecified atom stereocenters. The lowest BCUT2D eigenvalue weighted by molar-refractivity contribution is -0.127. The van der Waals surface area contributed by atoms with E-state index in [0.717, 1.165) is 0 Å². The van der Waals surface area contributed by atoms with Crippen molar-refractivity contribution < 1.29 is 23.8 Å². The maximum atomic E-state index is 14.6. The molecule has 0 spiro atoms. The Labute approximate surface area is 302 Å². The van der Waals surface area contributed by atoms with Crippen LogP contribution in [-0.4, -0.2) is 103 Å². The molecule has 2 aromatic heterocycles. The second-order valence-corrected chi connectivity index (χ2v) is 13.7. The van der Waals surface area contributed by atoms with E-state index < -0.39 is 0 Å². The van der Waals surface area contributed by atoms with Crippen LogP contribution in [0.5, 0.6) is 11.5 Å². The van der Waals surface area contributed by atoms with Gasteiger partial charge in [-0.05, 0) is 57.3 Å². The second kappa shape index (κ2) is 16.8. The van der Waals surface area contributed by atoms with E-state index >= 15 is 0 Å². The Balaban J connectivity index is 1.53. The van der Waals surface area contributed by atoms with Gasteiger partial charge in [-0.3, -0.25) is 19.0 Å². The molecule has 14 heteroatoms. The van der Waals surface area contributed by atoms with Crippen molar-refractivity contribution >= 4 is 51.9 Å². The molecule has 1 aromatic carbocycles. The van der Waals surface area contributed by atoms with Crippen LogP contribution in [0.15, 0.2) is 47.9 Å². The number of fused-ring (bicyclic) bond motifs is 1. The van der Waals surface area contributed by atoms with E-state index in [0.29, 0.717) is 93.6 Å². The molecular weight excluding hydrogens is 683 g/mol. The minimum atomic E-state index is -0.346. The summed E-state index contributed by atoms with van der Waals surface area (Å²) in [6.45, 7) is 6.73. The Morgan fingerprint density at radius 2 is 1.82 bits per heavy atom. The van der Waals surface area contributed by atoms with Crippen LogP contribution in [0.2, 0.25) is 10.0 Å². The molecule has 0 bridgehead atoms. The largest absolute Gasteiger partial charge is 0.495 e. The number of hydrogen-bond acceptors (Lipinski definition) is 10. The first-order chi connectivity index (χ1) is 24.0. The number of likely N-dealkylation sites (tertiary alicyclic amines) is 1. The first-order valence-corrected chi connectivity index (χ1v) is 17.4. The van der Waals surface area contributed by atoms with E-state index in [4.69, 9.17) is 42.4 Å². The molecule has 1 amide bonds. The third-order valence-electron chi connectivity index (χ3n) is 9.27. The molecule has 12 nitrogen and oxygen atoms in total. The van der Waals surface area contributed by atoms with Crippen molar-refractivity contribution in [2.45, 2.75) is 38.3 Å². The Kier molecular flexibility index (Phi) is 12.5. The van der Waals surface area contributed by atoms with Gasteiger partial charge in [-0.1, -0.05) is 35.9 Å². The van der Waals surface area contributed by atoms with Gasteiger partial charge in [-0.2, -0.15) is 4.98 Å². The number of allylic oxidation sites excluding steroid dienone is 1. The van der Waals surface area contributed by atoms with Crippen molar-refractivity contribution in [1.82, 2.24) is 24.3 Å². The van der Waals surface area contributed by atoms with Gasteiger partial charge in [0.05, 0.1) is 42.5 Å². The average Bonchev–Trinajstić information content (AvgIpc) is 3.11. The summed E-state index contributed by atoms with van der Waals surface area (Å²) in [5.74, 6) is 0.966. The van der Waals surface area contributed by atoms with Crippen molar-refractivity contribution in [3.63, 3.8) is 0 Å². The van der Waals surface area contributed by atoms with Crippen molar-refractivity contribution in [2.24, 2.45) is 11.8 Å². The monoisotopic (exact) mass is 726 g/mol. The predicted octanol–water partition coefficient (Wildman–Crippen LogP) is 5.10. The van der Waals surface area contributed by atoms with Crippen LogP contribution in [0.3, 0.4) is 0 Å². The number of methoxy groups -OCH3 is 2. The second-order valence-electron chi connectivity index (χ2n) is 12.9. The zero-order valence-electron chi connectivity index (χ0n) is 28.9. The summed E-state index contributed by atoms with van der Waals surface area (Å²) in [7, 11) is 6.85. The number of ether oxygens (including phenoxy) is 3. The lowest BCUT2D eigenvalue weighted by Gasteiger charge is -2.32. The Morgan fingerprint density at radius 1 is 1.12 bits per heavy atom. The van der Waals surface area contributed by atoms with Crippen LogP contribution >= 0.6 is 23.2 Å². The highest BCUT2D eigenvalue weighted by Crippen LogP contribution is 2.45. The molecular formula is C36H44Cl2N6O6. The fraction of sp³-hybridized carbons (Fsp3) is 0.472. The minimum absolute atomic E-state index is 0.0102. The third-order valence-corrected chi connectivity index (χ3v) is 10.0. The van der Waals surface area contributed by atoms with E-state index in [1.54, 1.807) is 29.0 Å². The van der Waals surface area contributed by atoms with Crippen molar-refractivity contribution in [2.75, 3.05) is 66.5 Å². The topological polar surface area (TPSA) is 128 Å². The highest BCUT2D eigenvalue weighted by molar-refractivity contribution is 6.41. The number of carbonyl (C=O) groups is 2. The number of carbonyl (C=O) groups excluding carboxylic acids is 2. The van der Waals surface area contributed by atoms with Gasteiger partial charge in [-0.15, -0.1) is 0 Å². The maximum absolute atomic E-state index is 14.6. The SMILES string of the molecule is C=CC(=O)CC1CCOCC1Nc1ncc2cc(-c3c(Cl)c(OC)cc(OC)c3Cl)c(=O)n(CC3CCN(C(=O)/C=C/CN(C)C)CC3)c2n1. The van der Waals surface area contributed by atoms with Crippen LogP contribution in [0, 0.1) is 11.8 Å². The molecule has 50 heavy (non-hydrogen) atoms. The highest BCUT2D eigenvalue weighted by atomic mass is 35.5. The van der Waals surface area contributed by atoms with E-state index in [2.05, 4.69) is 16.9 Å². The molecule has 2 aliphatic rings. The summed E-state index contributed by atoms with van der Waals surface area (Å²) in [6, 6.07) is 3.05. The summed E-state index contributed by atoms with van der Waals surface area (Å²) >= 11 is 13.6. The molecule has 3 aromatic rings. The number of nitrogens with one attached hydrogen (secondary N) is 1. The van der Waals surface area contributed by atoms with E-state index in [9.17, 15) is 14.4 Å². The van der Waals surface area contributed by atoms with Gasteiger partial charge in [0, 0.05) is 68.5 Å². The molecule has 2 fully saturated rings. The molecule has 2 aliphatic heterocycles. The molecule has 5 rings (SSSR count). The predicted molar refractivity (Wildman–Crippen MR) is 196 cm³/mol. The van der Waals surface area contributed by atoms with Crippen LogP contribution in [0.1, 0.15) is 25.7 Å². The normalized spacial score (nSPS) is 18.5. The van der Waals surface area contributed by atoms with E-state index in [-0.39, 0.29) is 56.3 Å². The molecule has 2 saturated heterocycles. The van der Waals surface area contributed by atoms with Crippen molar-refractivity contribution in [3.05, 3.63) is 63.5 Å². The van der Waals surface area contributed by atoms with Crippen LogP contribution in [0.25, 0.3) is 22.2 Å². The number of nitrogens with zero attached hydrogens (tertiary/aromatic N) is 5. The lowest BCUT2D eigenvalue weighted by Crippen LogP contribution is -2.40. The molecule has 4 heterocycles. The van der Waals surface area contributed by atoms with Gasteiger partial charge in [-0.25, -0.2) is 4.98 Å². The summed E-state index contributed by atoms with van der Waals surface area (Å²) in [5, 5.41) is 4.30. The lowest BCUT2D eigenvalue weighted by atomic mass is 9.90. The minimum Gasteiger partial charge on any atom is -0.495 e. The van der Waals surface area contributed by atoms with Gasteiger partial charge < -0.3 is 29.3 Å². The number of amides is 1. The fourth-order valence-corrected chi connectivity index (χ4v) is 7.16. The standard InChI is InChI=1S/C36H44Cl2N6O6/c1-6-25(45)16-23-11-15-50-21-27(23)40-36-39-19-24-17-26(31-32(37)28(48-4)18-29(49-5)33(31)38)35(47)44(34(24)41-36)20-22-9-13-43(14-10-22)30(46)8-7-12-42(2)3/h6-8,17-19,22-23,27H,1,9-16,20-21H2,2-5H3,(H,39,40,41)/b8-7+. The molecule has 268 valence electrons. The molecule has 0 saturated carbocycles. The quantitative estimate of drug-likeness (QED) is 0.238. The number of rotatable bonds is 13. The third kappa shape index (κ3) is 8.48. The van der Waals surface area contributed by atoms with Gasteiger partial charge in [0.1, 0.15) is 17.1 Å². The number of hydrogen-bond donors (Lipinski definition) is 1. The number of anilines is 1. The molecule has 2 atom stereocenters. The number of ketones is 1. The first kappa shape index (κ1) is 37.3. The van der Waals surface area contributed by atoms with Crippen LogP contribution < -0.4 is 20.3 Å². The summed E-state index contributed by atoms with van der Waals surface area (Å²) in [4.78, 5) is 52.9. The van der Waals surface area contributed by atoms with Gasteiger partial charge in [0.2, 0.25) is 11.9 Å². The van der Waals surface area contributed by atoms with Crippen molar-refractivity contribution in [3.8, 4) is 22.6 Å². The Hall–Kier alpha value is -3.97. The highest BCUT2D eigenvalue weighted by Gasteiger charge is 2.29. The fourth-order valence-electron chi connectivity index (χ4n) is 6.46. The smallest absolute Gasteiger partial charge is 0.260 e. The summed E-state index contributed by atoms with van der Waals surface area (Å²) < 4.78 is 18.3. The van der Waals surface area contributed by atoms with Gasteiger partial charge >= 0.3 is 0 Å². The zero-order chi connectivity index (χ0) is 35.9. The molecule has 0 radical (unpaired) electrons. The van der Waals surface area contributed by atoms with Crippen LogP contribution in [0.4, 0.5) is 5.95 Å². The first-order valence-electron chi connectivity index (χ1n) is 16.6. The maximum Gasteiger partial charge on any atom is 0.260 e. The van der Waals surface area contributed by atoms with E-state index in [1.807, 2.05) is 30.0 Å². The molecule has 0 aliphatic carbocycles. The van der Waals surface area contributed by atoms with Crippen molar-refractivity contribution in [1.29, 1.82) is 0 Å². The average molecular weight is 728 g/mol. The van der Waals surface area contributed by atoms with Crippen LogP contribution in [-0.2, 0) is 20.9 Å². The number of likely N-dealkylation sites (N-methyl/N-ethyl adjacent to an activating group) is 1.